The standard InChI is InChI=1S/C33H43N3O2/c1-24(2)29-15-11-16-30(25(3)4)32(29)34-33(37)36(23-27-14-9-10-17-31(27)38-5)28-18-20-35(21-19-28)22-26-12-7-6-8-13-26/h6-17,24-25,28H,18-23H2,1-5H3,(H,34,37). The number of hydrogen-bond acceptors (Lipinski definition) is 3. The third-order valence-corrected chi connectivity index (χ3v) is 7.65. The van der Waals surface area contributed by atoms with E-state index in [2.05, 4.69) is 92.5 Å². The molecule has 1 saturated heterocycles. The number of nitrogens with zero attached hydrogens (tertiary/aromatic N) is 2. The van der Waals surface area contributed by atoms with Crippen LogP contribution in [0.5, 0.6) is 5.75 Å². The summed E-state index contributed by atoms with van der Waals surface area (Å²) in [6, 6.07) is 25.2. The van der Waals surface area contributed by atoms with Crippen molar-refractivity contribution in [3.8, 4) is 5.75 Å². The number of urea groups is 1. The summed E-state index contributed by atoms with van der Waals surface area (Å²) in [6.45, 7) is 12.1. The predicted molar refractivity (Wildman–Crippen MR) is 157 cm³/mol. The smallest absolute Gasteiger partial charge is 0.322 e. The molecule has 0 unspecified atom stereocenters. The van der Waals surface area contributed by atoms with Crippen LogP contribution in [-0.4, -0.2) is 42.1 Å². The van der Waals surface area contributed by atoms with E-state index in [-0.39, 0.29) is 12.1 Å². The fourth-order valence-electron chi connectivity index (χ4n) is 5.49. The summed E-state index contributed by atoms with van der Waals surface area (Å²) in [6.07, 6.45) is 1.89. The SMILES string of the molecule is COc1ccccc1CN(C(=O)Nc1c(C(C)C)cccc1C(C)C)C1CCN(Cc2ccccc2)CC1. The number of carbonyl (C=O) groups excluding carboxylic acids is 1. The number of ether oxygens (including phenoxy) is 1. The highest BCUT2D eigenvalue weighted by Crippen LogP contribution is 2.33. The van der Waals surface area contributed by atoms with Crippen molar-refractivity contribution in [1.29, 1.82) is 0 Å². The maximum absolute atomic E-state index is 14.1. The Morgan fingerprint density at radius 1 is 0.895 bits per heavy atom. The first-order valence-corrected chi connectivity index (χ1v) is 14.0. The third kappa shape index (κ3) is 6.76. The van der Waals surface area contributed by atoms with Gasteiger partial charge in [-0.2, -0.15) is 0 Å². The third-order valence-electron chi connectivity index (χ3n) is 7.65. The lowest BCUT2D eigenvalue weighted by atomic mass is 9.92. The second-order valence-corrected chi connectivity index (χ2v) is 11.0. The Balaban J connectivity index is 1.58. The highest BCUT2D eigenvalue weighted by Gasteiger charge is 2.30. The first-order chi connectivity index (χ1) is 18.4. The number of amides is 2. The number of anilines is 1. The van der Waals surface area contributed by atoms with Crippen LogP contribution in [0.4, 0.5) is 10.5 Å². The minimum absolute atomic E-state index is 0.0348. The molecule has 38 heavy (non-hydrogen) atoms. The maximum Gasteiger partial charge on any atom is 0.322 e. The van der Waals surface area contributed by atoms with Crippen molar-refractivity contribution in [3.05, 3.63) is 95.1 Å². The van der Waals surface area contributed by atoms with E-state index in [4.69, 9.17) is 4.74 Å². The zero-order valence-corrected chi connectivity index (χ0v) is 23.6. The van der Waals surface area contributed by atoms with Gasteiger partial charge >= 0.3 is 6.03 Å². The van der Waals surface area contributed by atoms with Gasteiger partial charge in [0.1, 0.15) is 5.75 Å². The molecule has 1 aliphatic rings. The zero-order chi connectivity index (χ0) is 27.1. The van der Waals surface area contributed by atoms with Crippen molar-refractivity contribution in [2.24, 2.45) is 0 Å². The normalized spacial score (nSPS) is 14.6. The van der Waals surface area contributed by atoms with Crippen molar-refractivity contribution in [1.82, 2.24) is 9.80 Å². The minimum atomic E-state index is -0.0348. The molecule has 0 radical (unpaired) electrons. The van der Waals surface area contributed by atoms with E-state index in [9.17, 15) is 4.79 Å². The first kappa shape index (κ1) is 27.7. The van der Waals surface area contributed by atoms with E-state index in [0.717, 1.165) is 49.5 Å². The Morgan fingerprint density at radius 3 is 2.11 bits per heavy atom. The van der Waals surface area contributed by atoms with Crippen molar-refractivity contribution in [2.45, 2.75) is 71.5 Å². The molecule has 4 rings (SSSR count). The van der Waals surface area contributed by atoms with Gasteiger partial charge in [0.2, 0.25) is 0 Å². The molecule has 0 atom stereocenters. The van der Waals surface area contributed by atoms with Crippen LogP contribution in [0.3, 0.4) is 0 Å². The van der Waals surface area contributed by atoms with Gasteiger partial charge < -0.3 is 15.0 Å². The lowest BCUT2D eigenvalue weighted by molar-refractivity contribution is 0.119. The molecule has 0 aliphatic carbocycles. The fraction of sp³-hybridized carbons (Fsp3) is 0.424. The van der Waals surface area contributed by atoms with Crippen molar-refractivity contribution in [3.63, 3.8) is 0 Å². The number of para-hydroxylation sites is 2. The number of benzene rings is 3. The molecule has 1 fully saturated rings. The second kappa shape index (κ2) is 13.0. The van der Waals surface area contributed by atoms with Gasteiger partial charge in [-0.1, -0.05) is 94.4 Å². The van der Waals surface area contributed by atoms with E-state index < -0.39 is 0 Å². The highest BCUT2D eigenvalue weighted by molar-refractivity contribution is 5.91. The van der Waals surface area contributed by atoms with E-state index in [1.807, 2.05) is 23.1 Å². The van der Waals surface area contributed by atoms with Gasteiger partial charge in [-0.15, -0.1) is 0 Å². The Morgan fingerprint density at radius 2 is 1.50 bits per heavy atom. The van der Waals surface area contributed by atoms with Gasteiger partial charge in [0.05, 0.1) is 13.7 Å². The zero-order valence-electron chi connectivity index (χ0n) is 23.6. The van der Waals surface area contributed by atoms with Gasteiger partial charge in [0.25, 0.3) is 0 Å². The predicted octanol–water partition coefficient (Wildman–Crippen LogP) is 7.64. The second-order valence-electron chi connectivity index (χ2n) is 11.0. The number of likely N-dealkylation sites (tertiary alicyclic amines) is 1. The summed E-state index contributed by atoms with van der Waals surface area (Å²) in [5.74, 6) is 1.44. The van der Waals surface area contributed by atoms with Crippen molar-refractivity contribution in [2.75, 3.05) is 25.5 Å². The average molecular weight is 514 g/mol. The van der Waals surface area contributed by atoms with Gasteiger partial charge in [-0.05, 0) is 47.4 Å². The molecule has 5 heteroatoms. The number of carbonyl (C=O) groups is 1. The molecule has 3 aromatic carbocycles. The Labute approximate surface area is 228 Å². The van der Waals surface area contributed by atoms with Crippen LogP contribution in [0.1, 0.15) is 74.6 Å². The van der Waals surface area contributed by atoms with Crippen LogP contribution in [0.2, 0.25) is 0 Å². The van der Waals surface area contributed by atoms with Crippen LogP contribution < -0.4 is 10.1 Å². The van der Waals surface area contributed by atoms with E-state index >= 15 is 0 Å². The van der Waals surface area contributed by atoms with Crippen LogP contribution in [0.15, 0.2) is 72.8 Å². The van der Waals surface area contributed by atoms with Crippen molar-refractivity contribution >= 4 is 11.7 Å². The molecular formula is C33H43N3O2. The molecule has 3 aromatic rings. The fourth-order valence-corrected chi connectivity index (χ4v) is 5.49. The Hall–Kier alpha value is -3.31. The summed E-state index contributed by atoms with van der Waals surface area (Å²) < 4.78 is 5.65. The molecule has 5 nitrogen and oxygen atoms in total. The first-order valence-electron chi connectivity index (χ1n) is 14.0. The lowest BCUT2D eigenvalue weighted by Gasteiger charge is -2.39. The Bertz CT molecular complexity index is 1160. The molecule has 1 aliphatic heterocycles. The summed E-state index contributed by atoms with van der Waals surface area (Å²) in [4.78, 5) is 18.6. The van der Waals surface area contributed by atoms with Crippen LogP contribution in [0, 0.1) is 0 Å². The minimum Gasteiger partial charge on any atom is -0.496 e. The molecule has 0 aromatic heterocycles. The molecule has 1 heterocycles. The van der Waals surface area contributed by atoms with E-state index in [1.165, 1.54) is 16.7 Å². The number of methoxy groups -OCH3 is 1. The van der Waals surface area contributed by atoms with Gasteiger partial charge in [-0.25, -0.2) is 4.79 Å². The maximum atomic E-state index is 14.1. The van der Waals surface area contributed by atoms with E-state index in [1.54, 1.807) is 7.11 Å². The molecule has 0 bridgehead atoms. The van der Waals surface area contributed by atoms with E-state index in [0.29, 0.717) is 18.4 Å². The summed E-state index contributed by atoms with van der Waals surface area (Å²) in [7, 11) is 1.69. The average Bonchev–Trinajstić information content (AvgIpc) is 2.92. The van der Waals surface area contributed by atoms with Crippen LogP contribution in [0.25, 0.3) is 0 Å². The monoisotopic (exact) mass is 513 g/mol. The van der Waals surface area contributed by atoms with Gasteiger partial charge in [0.15, 0.2) is 0 Å². The van der Waals surface area contributed by atoms with Crippen LogP contribution >= 0.6 is 0 Å². The summed E-state index contributed by atoms with van der Waals surface area (Å²) in [5.41, 5.74) is 5.69. The van der Waals surface area contributed by atoms with Crippen LogP contribution in [-0.2, 0) is 13.1 Å². The largest absolute Gasteiger partial charge is 0.496 e. The van der Waals surface area contributed by atoms with Gasteiger partial charge in [-0.3, -0.25) is 4.90 Å². The Kier molecular flexibility index (Phi) is 9.46. The van der Waals surface area contributed by atoms with Gasteiger partial charge in [0, 0.05) is 36.9 Å². The number of piperidine rings is 1. The molecule has 1 N–H and O–H groups in total. The topological polar surface area (TPSA) is 44.8 Å². The summed E-state index contributed by atoms with van der Waals surface area (Å²) in [5, 5.41) is 3.38. The number of hydrogen-bond donors (Lipinski definition) is 1. The number of rotatable bonds is 9. The molecule has 202 valence electrons. The molecular weight excluding hydrogens is 470 g/mol. The number of nitrogens with one attached hydrogen (secondary N) is 1. The molecule has 0 saturated carbocycles. The summed E-state index contributed by atoms with van der Waals surface area (Å²) >= 11 is 0. The highest BCUT2D eigenvalue weighted by atomic mass is 16.5. The van der Waals surface area contributed by atoms with Crippen molar-refractivity contribution < 1.29 is 9.53 Å². The molecule has 2 amide bonds. The quantitative estimate of drug-likeness (QED) is 0.320. The lowest BCUT2D eigenvalue weighted by Crippen LogP contribution is -2.48. The molecule has 0 spiro atoms.